The van der Waals surface area contributed by atoms with Gasteiger partial charge in [0.15, 0.2) is 0 Å². The molecule has 2 N–H and O–H groups in total. The number of hydrogen-bond donors (Lipinski definition) is 2. The first-order valence-corrected chi connectivity index (χ1v) is 9.66. The molecule has 3 rings (SSSR count). The molecule has 3 aromatic carbocycles. The molecule has 0 spiro atoms. The van der Waals surface area contributed by atoms with Crippen molar-refractivity contribution < 1.29 is 19.4 Å². The standard InChI is InChI=1S/C22H19NO4S/c24-21(23-18-10-6-17(7-11-18)22(25)26)16-8-12-19(13-9-16)27-14-15-28-20-4-2-1-3-5-20/h1-13H,14-15H2,(H,23,24)(H,25,26). The summed E-state index contributed by atoms with van der Waals surface area (Å²) in [6.07, 6.45) is 0. The molecule has 1 amide bonds. The molecule has 0 atom stereocenters. The number of aromatic carboxylic acids is 1. The van der Waals surface area contributed by atoms with Crippen molar-refractivity contribution >= 4 is 29.3 Å². The lowest BCUT2D eigenvalue weighted by Gasteiger charge is -2.08. The smallest absolute Gasteiger partial charge is 0.335 e. The molecule has 3 aromatic rings. The zero-order valence-corrected chi connectivity index (χ0v) is 15.8. The molecular formula is C22H19NO4S. The Labute approximate surface area is 167 Å². The van der Waals surface area contributed by atoms with Gasteiger partial charge in [0.1, 0.15) is 5.75 Å². The average Bonchev–Trinajstić information content (AvgIpc) is 2.73. The van der Waals surface area contributed by atoms with Crippen molar-refractivity contribution in [1.82, 2.24) is 0 Å². The van der Waals surface area contributed by atoms with Crippen molar-refractivity contribution in [3.63, 3.8) is 0 Å². The average molecular weight is 393 g/mol. The number of rotatable bonds is 8. The number of carboxylic acids is 1. The molecule has 0 unspecified atom stereocenters. The number of anilines is 1. The summed E-state index contributed by atoms with van der Waals surface area (Å²) in [7, 11) is 0. The van der Waals surface area contributed by atoms with Crippen molar-refractivity contribution in [3.8, 4) is 5.75 Å². The third-order valence-electron chi connectivity index (χ3n) is 3.87. The zero-order valence-electron chi connectivity index (χ0n) is 15.0. The van der Waals surface area contributed by atoms with E-state index in [1.165, 1.54) is 17.0 Å². The molecule has 0 heterocycles. The molecule has 142 valence electrons. The Morgan fingerprint density at radius 1 is 0.857 bits per heavy atom. The third-order valence-corrected chi connectivity index (χ3v) is 4.85. The van der Waals surface area contributed by atoms with Crippen LogP contribution in [0.3, 0.4) is 0 Å². The lowest BCUT2D eigenvalue weighted by atomic mass is 10.2. The van der Waals surface area contributed by atoms with E-state index in [0.717, 1.165) is 5.75 Å². The van der Waals surface area contributed by atoms with Crippen LogP contribution in [0.2, 0.25) is 0 Å². The molecular weight excluding hydrogens is 374 g/mol. The number of carboxylic acid groups (broad SMARTS) is 1. The second-order valence-electron chi connectivity index (χ2n) is 5.87. The Hall–Kier alpha value is -3.25. The van der Waals surface area contributed by atoms with E-state index in [1.54, 1.807) is 48.2 Å². The van der Waals surface area contributed by atoms with Crippen LogP contribution < -0.4 is 10.1 Å². The number of carbonyl (C=O) groups is 2. The van der Waals surface area contributed by atoms with Gasteiger partial charge in [0, 0.05) is 21.9 Å². The summed E-state index contributed by atoms with van der Waals surface area (Å²) >= 11 is 1.73. The van der Waals surface area contributed by atoms with Crippen molar-refractivity contribution in [3.05, 3.63) is 90.0 Å². The molecule has 0 fully saturated rings. The van der Waals surface area contributed by atoms with E-state index in [2.05, 4.69) is 17.4 Å². The van der Waals surface area contributed by atoms with Crippen LogP contribution in [0.4, 0.5) is 5.69 Å². The van der Waals surface area contributed by atoms with Gasteiger partial charge < -0.3 is 15.2 Å². The highest BCUT2D eigenvalue weighted by atomic mass is 32.2. The second kappa shape index (κ2) is 9.62. The monoisotopic (exact) mass is 393 g/mol. The number of amides is 1. The highest BCUT2D eigenvalue weighted by molar-refractivity contribution is 7.99. The van der Waals surface area contributed by atoms with Gasteiger partial charge in [0.05, 0.1) is 12.2 Å². The SMILES string of the molecule is O=C(O)c1ccc(NC(=O)c2ccc(OCCSc3ccccc3)cc2)cc1. The highest BCUT2D eigenvalue weighted by Crippen LogP contribution is 2.18. The van der Waals surface area contributed by atoms with Crippen LogP contribution >= 0.6 is 11.8 Å². The van der Waals surface area contributed by atoms with Crippen molar-refractivity contribution in [1.29, 1.82) is 0 Å². The Bertz CT molecular complexity index is 925. The molecule has 0 aliphatic heterocycles. The van der Waals surface area contributed by atoms with Gasteiger partial charge in [-0.1, -0.05) is 18.2 Å². The lowest BCUT2D eigenvalue weighted by Crippen LogP contribution is -2.12. The Balaban J connectivity index is 1.47. The molecule has 6 heteroatoms. The predicted molar refractivity (Wildman–Crippen MR) is 110 cm³/mol. The Kier molecular flexibility index (Phi) is 6.70. The van der Waals surface area contributed by atoms with Crippen LogP contribution in [0.25, 0.3) is 0 Å². The minimum atomic E-state index is -1.00. The van der Waals surface area contributed by atoms with Gasteiger partial charge >= 0.3 is 5.97 Å². The summed E-state index contributed by atoms with van der Waals surface area (Å²) in [6, 6.07) is 23.1. The van der Waals surface area contributed by atoms with Gasteiger partial charge in [-0.15, -0.1) is 11.8 Å². The van der Waals surface area contributed by atoms with Gasteiger partial charge in [-0.05, 0) is 60.7 Å². The van der Waals surface area contributed by atoms with Gasteiger partial charge in [0.25, 0.3) is 5.91 Å². The summed E-state index contributed by atoms with van der Waals surface area (Å²) in [6.45, 7) is 0.570. The van der Waals surface area contributed by atoms with Crippen molar-refractivity contribution in [2.75, 3.05) is 17.7 Å². The van der Waals surface area contributed by atoms with E-state index in [1.807, 2.05) is 18.2 Å². The van der Waals surface area contributed by atoms with Crippen LogP contribution in [0.15, 0.2) is 83.8 Å². The summed E-state index contributed by atoms with van der Waals surface area (Å²) in [5, 5.41) is 11.6. The zero-order chi connectivity index (χ0) is 19.8. The van der Waals surface area contributed by atoms with E-state index in [4.69, 9.17) is 9.84 Å². The van der Waals surface area contributed by atoms with E-state index in [0.29, 0.717) is 23.6 Å². The molecule has 0 aromatic heterocycles. The molecule has 0 radical (unpaired) electrons. The minimum absolute atomic E-state index is 0.171. The Morgan fingerprint density at radius 3 is 2.14 bits per heavy atom. The van der Waals surface area contributed by atoms with E-state index in [-0.39, 0.29) is 11.5 Å². The number of carbonyl (C=O) groups excluding carboxylic acids is 1. The quantitative estimate of drug-likeness (QED) is 0.424. The maximum Gasteiger partial charge on any atom is 0.335 e. The largest absolute Gasteiger partial charge is 0.493 e. The number of benzene rings is 3. The molecule has 0 aliphatic rings. The normalized spacial score (nSPS) is 10.3. The van der Waals surface area contributed by atoms with E-state index < -0.39 is 5.97 Å². The molecule has 0 saturated heterocycles. The molecule has 0 aliphatic carbocycles. The summed E-state index contributed by atoms with van der Waals surface area (Å²) in [5.74, 6) is 0.263. The summed E-state index contributed by atoms with van der Waals surface area (Å²) in [5.41, 5.74) is 1.20. The van der Waals surface area contributed by atoms with Crippen molar-refractivity contribution in [2.24, 2.45) is 0 Å². The fraction of sp³-hybridized carbons (Fsp3) is 0.0909. The minimum Gasteiger partial charge on any atom is -0.493 e. The number of thioether (sulfide) groups is 1. The first kappa shape index (κ1) is 19.5. The molecule has 5 nitrogen and oxygen atoms in total. The first-order valence-electron chi connectivity index (χ1n) is 8.67. The number of ether oxygens (including phenoxy) is 1. The first-order chi connectivity index (χ1) is 13.6. The Morgan fingerprint density at radius 2 is 1.50 bits per heavy atom. The second-order valence-corrected chi connectivity index (χ2v) is 7.04. The van der Waals surface area contributed by atoms with Gasteiger partial charge in [-0.3, -0.25) is 4.79 Å². The molecule has 28 heavy (non-hydrogen) atoms. The molecule has 0 bridgehead atoms. The van der Waals surface area contributed by atoms with Gasteiger partial charge in [-0.25, -0.2) is 4.79 Å². The fourth-order valence-corrected chi connectivity index (χ4v) is 3.19. The summed E-state index contributed by atoms with van der Waals surface area (Å²) < 4.78 is 5.71. The van der Waals surface area contributed by atoms with Crippen LogP contribution in [0.1, 0.15) is 20.7 Å². The van der Waals surface area contributed by atoms with Gasteiger partial charge in [-0.2, -0.15) is 0 Å². The number of hydrogen-bond acceptors (Lipinski definition) is 4. The van der Waals surface area contributed by atoms with Crippen LogP contribution in [0, 0.1) is 0 Å². The van der Waals surface area contributed by atoms with Crippen molar-refractivity contribution in [2.45, 2.75) is 4.90 Å². The maximum absolute atomic E-state index is 12.3. The highest BCUT2D eigenvalue weighted by Gasteiger charge is 2.08. The molecule has 0 saturated carbocycles. The van der Waals surface area contributed by atoms with Gasteiger partial charge in [0.2, 0.25) is 0 Å². The maximum atomic E-state index is 12.3. The fourth-order valence-electron chi connectivity index (χ4n) is 2.44. The third kappa shape index (κ3) is 5.62. The predicted octanol–water partition coefficient (Wildman–Crippen LogP) is 4.81. The topological polar surface area (TPSA) is 75.6 Å². The van der Waals surface area contributed by atoms with Crippen LogP contribution in [-0.2, 0) is 0 Å². The van der Waals surface area contributed by atoms with Crippen LogP contribution in [0.5, 0.6) is 5.75 Å². The number of nitrogens with one attached hydrogen (secondary N) is 1. The van der Waals surface area contributed by atoms with E-state index in [9.17, 15) is 9.59 Å². The van der Waals surface area contributed by atoms with E-state index >= 15 is 0 Å². The summed E-state index contributed by atoms with van der Waals surface area (Å²) in [4.78, 5) is 24.3. The van der Waals surface area contributed by atoms with Crippen LogP contribution in [-0.4, -0.2) is 29.3 Å². The lowest BCUT2D eigenvalue weighted by molar-refractivity contribution is 0.0696.